The molecule has 0 saturated carbocycles. The average Bonchev–Trinajstić information content (AvgIpc) is 1.95. The lowest BCUT2D eigenvalue weighted by molar-refractivity contribution is 0.424. The predicted octanol–water partition coefficient (Wildman–Crippen LogP) is 1.83. The molecule has 0 saturated heterocycles. The smallest absolute Gasteiger partial charge is 0.154 e. The monoisotopic (exact) mass is 235 g/mol. The first-order chi connectivity index (χ1) is 6.54. The molecule has 1 N–H and O–H groups in total. The van der Waals surface area contributed by atoms with Crippen LogP contribution in [0.3, 0.4) is 0 Å². The topological polar surface area (TPSA) is 46.2 Å². The van der Waals surface area contributed by atoms with Crippen LogP contribution in [0.5, 0.6) is 0 Å². The number of hydrogen-bond donors (Lipinski definition) is 1. The number of sulfone groups is 1. The quantitative estimate of drug-likeness (QED) is 0.791. The van der Waals surface area contributed by atoms with Gasteiger partial charge in [-0.2, -0.15) is 0 Å². The zero-order valence-corrected chi connectivity index (χ0v) is 11.6. The highest BCUT2D eigenvalue weighted by Crippen LogP contribution is 2.08. The van der Waals surface area contributed by atoms with Gasteiger partial charge in [0.25, 0.3) is 0 Å². The Balaban J connectivity index is 4.27. The summed E-state index contributed by atoms with van der Waals surface area (Å²) in [7, 11) is -2.94. The molecule has 0 heterocycles. The van der Waals surface area contributed by atoms with Crippen molar-refractivity contribution in [3.8, 4) is 0 Å². The molecule has 0 rings (SSSR count). The highest BCUT2D eigenvalue weighted by Gasteiger charge is 2.23. The third-order valence-electron chi connectivity index (χ3n) is 2.10. The van der Waals surface area contributed by atoms with Crippen molar-refractivity contribution in [2.45, 2.75) is 52.3 Å². The zero-order valence-electron chi connectivity index (χ0n) is 10.8. The lowest BCUT2D eigenvalue weighted by Crippen LogP contribution is -2.43. The number of rotatable bonds is 5. The molecule has 0 amide bonds. The van der Waals surface area contributed by atoms with Crippen LogP contribution in [0, 0.1) is 5.92 Å². The fourth-order valence-corrected chi connectivity index (χ4v) is 2.80. The Kier molecular flexibility index (Phi) is 5.27. The summed E-state index contributed by atoms with van der Waals surface area (Å²) in [6.45, 7) is 12.3. The summed E-state index contributed by atoms with van der Waals surface area (Å²) >= 11 is 0. The van der Waals surface area contributed by atoms with E-state index >= 15 is 0 Å². The third kappa shape index (κ3) is 6.90. The van der Waals surface area contributed by atoms with E-state index in [1.165, 1.54) is 0 Å². The van der Waals surface area contributed by atoms with Gasteiger partial charge >= 0.3 is 0 Å². The molecule has 1 unspecified atom stereocenters. The van der Waals surface area contributed by atoms with Gasteiger partial charge in [0, 0.05) is 12.1 Å². The molecule has 0 radical (unpaired) electrons. The van der Waals surface area contributed by atoms with Gasteiger partial charge in [-0.15, -0.1) is 0 Å². The van der Waals surface area contributed by atoms with Gasteiger partial charge in [-0.3, -0.25) is 0 Å². The van der Waals surface area contributed by atoms with Gasteiger partial charge in [-0.05, 0) is 33.6 Å². The van der Waals surface area contributed by atoms with Crippen LogP contribution in [0.25, 0.3) is 0 Å². The van der Waals surface area contributed by atoms with Gasteiger partial charge in [0.2, 0.25) is 0 Å². The van der Waals surface area contributed by atoms with Crippen LogP contribution in [0.1, 0.15) is 41.5 Å². The van der Waals surface area contributed by atoms with Crippen LogP contribution in [-0.2, 0) is 9.84 Å². The molecule has 0 aromatic rings. The molecular weight excluding hydrogens is 210 g/mol. The summed E-state index contributed by atoms with van der Waals surface area (Å²) in [4.78, 5) is 0. The Morgan fingerprint density at radius 1 is 1.13 bits per heavy atom. The second-order valence-electron chi connectivity index (χ2n) is 5.66. The van der Waals surface area contributed by atoms with E-state index in [4.69, 9.17) is 0 Å². The van der Waals surface area contributed by atoms with Crippen molar-refractivity contribution in [3.63, 3.8) is 0 Å². The molecule has 3 nitrogen and oxygen atoms in total. The lowest BCUT2D eigenvalue weighted by Gasteiger charge is -2.23. The van der Waals surface area contributed by atoms with E-state index in [-0.39, 0.29) is 22.5 Å². The lowest BCUT2D eigenvalue weighted by atomic mass is 10.1. The maximum atomic E-state index is 11.8. The van der Waals surface area contributed by atoms with Crippen LogP contribution in [0.4, 0.5) is 0 Å². The molecule has 92 valence electrons. The summed E-state index contributed by atoms with van der Waals surface area (Å²) < 4.78 is 23.6. The molecule has 15 heavy (non-hydrogen) atoms. The first kappa shape index (κ1) is 14.9. The second-order valence-corrected chi connectivity index (χ2v) is 8.13. The Labute approximate surface area is 94.6 Å². The van der Waals surface area contributed by atoms with E-state index in [9.17, 15) is 8.42 Å². The van der Waals surface area contributed by atoms with Crippen LogP contribution in [0.2, 0.25) is 0 Å². The normalized spacial score (nSPS) is 15.7. The molecule has 4 heteroatoms. The predicted molar refractivity (Wildman–Crippen MR) is 65.8 cm³/mol. The van der Waals surface area contributed by atoms with Crippen LogP contribution in [0.15, 0.2) is 0 Å². The van der Waals surface area contributed by atoms with Crippen molar-refractivity contribution in [2.75, 3.05) is 12.3 Å². The van der Waals surface area contributed by atoms with Gasteiger partial charge < -0.3 is 5.32 Å². The summed E-state index contributed by atoms with van der Waals surface area (Å²) in [5.74, 6) is 0.479. The first-order valence-corrected chi connectivity index (χ1v) is 7.23. The van der Waals surface area contributed by atoms with Gasteiger partial charge in [0.15, 0.2) is 9.84 Å². The minimum atomic E-state index is -2.94. The van der Waals surface area contributed by atoms with Crippen molar-refractivity contribution in [2.24, 2.45) is 5.92 Å². The Hall–Kier alpha value is -0.0900. The molecule has 0 aliphatic heterocycles. The van der Waals surface area contributed by atoms with E-state index in [2.05, 4.69) is 5.32 Å². The maximum absolute atomic E-state index is 11.8. The largest absolute Gasteiger partial charge is 0.311 e. The fourth-order valence-electron chi connectivity index (χ4n) is 1.21. The van der Waals surface area contributed by atoms with E-state index in [0.717, 1.165) is 0 Å². The van der Waals surface area contributed by atoms with Crippen molar-refractivity contribution < 1.29 is 8.42 Å². The van der Waals surface area contributed by atoms with Crippen LogP contribution < -0.4 is 5.32 Å². The molecule has 0 bridgehead atoms. The Bertz CT molecular complexity index is 275. The molecule has 0 aromatic carbocycles. The maximum Gasteiger partial charge on any atom is 0.154 e. The highest BCUT2D eigenvalue weighted by atomic mass is 32.2. The van der Waals surface area contributed by atoms with Crippen molar-refractivity contribution in [3.05, 3.63) is 0 Å². The van der Waals surface area contributed by atoms with E-state index in [0.29, 0.717) is 6.54 Å². The summed E-state index contributed by atoms with van der Waals surface area (Å²) in [5, 5.41) is 2.92. The highest BCUT2D eigenvalue weighted by molar-refractivity contribution is 7.92. The third-order valence-corrected chi connectivity index (χ3v) is 4.62. The molecule has 1 atom stereocenters. The summed E-state index contributed by atoms with van der Waals surface area (Å²) in [6.07, 6.45) is 0. The minimum absolute atomic E-state index is 0.0262. The summed E-state index contributed by atoms with van der Waals surface area (Å²) in [6, 6.07) is 0. The standard InChI is InChI=1S/C11H25NO2S/c1-9(2)8-15(13,14)10(3)7-12-11(4,5)6/h9-10,12H,7-8H2,1-6H3. The molecule has 0 fully saturated rings. The van der Waals surface area contributed by atoms with E-state index < -0.39 is 9.84 Å². The second kappa shape index (κ2) is 5.30. The molecular formula is C11H25NO2S. The Morgan fingerprint density at radius 3 is 1.93 bits per heavy atom. The average molecular weight is 235 g/mol. The van der Waals surface area contributed by atoms with Gasteiger partial charge in [-0.1, -0.05) is 13.8 Å². The fraction of sp³-hybridized carbons (Fsp3) is 1.00. The number of nitrogens with one attached hydrogen (secondary N) is 1. The SMILES string of the molecule is CC(C)CS(=O)(=O)C(C)CNC(C)(C)C. The van der Waals surface area contributed by atoms with Crippen LogP contribution >= 0.6 is 0 Å². The Morgan fingerprint density at radius 2 is 1.60 bits per heavy atom. The summed E-state index contributed by atoms with van der Waals surface area (Å²) in [5.41, 5.74) is -0.0262. The van der Waals surface area contributed by atoms with Gasteiger partial charge in [0.1, 0.15) is 0 Å². The molecule has 0 spiro atoms. The van der Waals surface area contributed by atoms with E-state index in [1.54, 1.807) is 6.92 Å². The zero-order chi connectivity index (χ0) is 12.3. The minimum Gasteiger partial charge on any atom is -0.311 e. The first-order valence-electron chi connectivity index (χ1n) is 5.51. The van der Waals surface area contributed by atoms with Crippen molar-refractivity contribution in [1.29, 1.82) is 0 Å². The molecule has 0 aromatic heterocycles. The molecule has 0 aliphatic carbocycles. The molecule has 0 aliphatic rings. The van der Waals surface area contributed by atoms with Gasteiger partial charge in [-0.25, -0.2) is 8.42 Å². The van der Waals surface area contributed by atoms with E-state index in [1.807, 2.05) is 34.6 Å². The van der Waals surface area contributed by atoms with Gasteiger partial charge in [0.05, 0.1) is 11.0 Å². The van der Waals surface area contributed by atoms with Crippen molar-refractivity contribution >= 4 is 9.84 Å². The van der Waals surface area contributed by atoms with Crippen LogP contribution in [-0.4, -0.2) is 31.5 Å². The number of hydrogen-bond acceptors (Lipinski definition) is 3. The van der Waals surface area contributed by atoms with Crippen molar-refractivity contribution in [1.82, 2.24) is 5.32 Å².